The molecule has 0 saturated heterocycles. The zero-order chi connectivity index (χ0) is 19.0. The molecule has 0 aliphatic carbocycles. The van der Waals surface area contributed by atoms with Crippen LogP contribution in [0, 0.1) is 0 Å². The summed E-state index contributed by atoms with van der Waals surface area (Å²) in [6.07, 6.45) is 0. The summed E-state index contributed by atoms with van der Waals surface area (Å²) in [5, 5.41) is 6.41. The average molecular weight is 371 g/mol. The van der Waals surface area contributed by atoms with E-state index in [2.05, 4.69) is 15.6 Å². The molecule has 25 heavy (non-hydrogen) atoms. The van der Waals surface area contributed by atoms with Crippen LogP contribution in [-0.2, 0) is 21.3 Å². The van der Waals surface area contributed by atoms with Crippen molar-refractivity contribution in [2.75, 3.05) is 27.8 Å². The van der Waals surface area contributed by atoms with Gasteiger partial charge in [0, 0.05) is 39.8 Å². The van der Waals surface area contributed by atoms with Gasteiger partial charge in [0.25, 0.3) is 0 Å². The van der Waals surface area contributed by atoms with Crippen molar-refractivity contribution in [3.63, 3.8) is 0 Å². The smallest absolute Gasteiger partial charge is 0.243 e. The molecule has 0 aliphatic rings. The third kappa shape index (κ3) is 6.30. The normalized spacial score (nSPS) is 14.0. The minimum absolute atomic E-state index is 0.0881. The van der Waals surface area contributed by atoms with Gasteiger partial charge in [-0.3, -0.25) is 4.99 Å². The Balaban J connectivity index is 2.71. The number of methoxy groups -OCH3 is 1. The van der Waals surface area contributed by atoms with Gasteiger partial charge in [-0.15, -0.1) is 0 Å². The molecular weight excluding hydrogens is 340 g/mol. The van der Waals surface area contributed by atoms with E-state index in [1.54, 1.807) is 45.5 Å². The van der Waals surface area contributed by atoms with Gasteiger partial charge in [-0.1, -0.05) is 12.1 Å². The van der Waals surface area contributed by atoms with Crippen LogP contribution in [0.25, 0.3) is 0 Å². The van der Waals surface area contributed by atoms with Gasteiger partial charge in [0.1, 0.15) is 0 Å². The number of hydrogen-bond donors (Lipinski definition) is 2. The Labute approximate surface area is 151 Å². The van der Waals surface area contributed by atoms with Crippen molar-refractivity contribution < 1.29 is 13.2 Å². The molecule has 0 aliphatic heterocycles. The molecule has 0 bridgehead atoms. The zero-order valence-corrected chi connectivity index (χ0v) is 16.7. The summed E-state index contributed by atoms with van der Waals surface area (Å²) in [6.45, 7) is 6.82. The van der Waals surface area contributed by atoms with Crippen molar-refractivity contribution in [2.45, 2.75) is 44.3 Å². The molecule has 0 fully saturated rings. The fourth-order valence-electron chi connectivity index (χ4n) is 2.13. The van der Waals surface area contributed by atoms with Crippen LogP contribution >= 0.6 is 0 Å². The Morgan fingerprint density at radius 2 is 1.84 bits per heavy atom. The van der Waals surface area contributed by atoms with Gasteiger partial charge in [-0.05, 0) is 38.5 Å². The summed E-state index contributed by atoms with van der Waals surface area (Å²) in [5.41, 5.74) is 0.966. The van der Waals surface area contributed by atoms with Gasteiger partial charge in [0.15, 0.2) is 5.96 Å². The molecule has 142 valence electrons. The van der Waals surface area contributed by atoms with Crippen LogP contribution in [0.1, 0.15) is 26.3 Å². The molecule has 1 atom stereocenters. The fraction of sp³-hybridized carbons (Fsp3) is 0.588. The summed E-state index contributed by atoms with van der Waals surface area (Å²) in [7, 11) is 1.49. The van der Waals surface area contributed by atoms with Crippen LogP contribution in [0.3, 0.4) is 0 Å². The number of guanidine groups is 1. The standard InChI is InChI=1S/C17H30N4O3S/c1-13(2)21(5)25(22,23)16-9-7-15(8-10-16)11-19-17(18-4)20-14(3)12-24-6/h7-10,13-14H,11-12H2,1-6H3,(H2,18,19,20). The Morgan fingerprint density at radius 3 is 2.32 bits per heavy atom. The highest BCUT2D eigenvalue weighted by Gasteiger charge is 2.22. The van der Waals surface area contributed by atoms with E-state index in [0.717, 1.165) is 5.56 Å². The van der Waals surface area contributed by atoms with E-state index < -0.39 is 10.0 Å². The Hall–Kier alpha value is -1.64. The number of hydrogen-bond acceptors (Lipinski definition) is 4. The molecule has 1 rings (SSSR count). The molecule has 1 aromatic rings. The Kier molecular flexibility index (Phi) is 8.34. The molecule has 0 spiro atoms. The number of nitrogens with one attached hydrogen (secondary N) is 2. The first-order valence-corrected chi connectivity index (χ1v) is 9.69. The molecule has 1 aromatic carbocycles. The number of sulfonamides is 1. The molecule has 0 saturated carbocycles. The van der Waals surface area contributed by atoms with Gasteiger partial charge in [-0.2, -0.15) is 4.31 Å². The molecule has 0 heterocycles. The molecule has 0 amide bonds. The lowest BCUT2D eigenvalue weighted by atomic mass is 10.2. The minimum Gasteiger partial charge on any atom is -0.383 e. The lowest BCUT2D eigenvalue weighted by molar-refractivity contribution is 0.179. The summed E-state index contributed by atoms with van der Waals surface area (Å²) in [4.78, 5) is 4.46. The van der Waals surface area contributed by atoms with E-state index in [4.69, 9.17) is 4.74 Å². The largest absolute Gasteiger partial charge is 0.383 e. The summed E-state index contributed by atoms with van der Waals surface area (Å²) < 4.78 is 31.3. The topological polar surface area (TPSA) is 83.0 Å². The zero-order valence-electron chi connectivity index (χ0n) is 15.9. The van der Waals surface area contributed by atoms with Crippen molar-refractivity contribution in [1.29, 1.82) is 0 Å². The van der Waals surface area contributed by atoms with Gasteiger partial charge < -0.3 is 15.4 Å². The maximum absolute atomic E-state index is 12.4. The first-order chi connectivity index (χ1) is 11.7. The van der Waals surface area contributed by atoms with Crippen molar-refractivity contribution in [3.8, 4) is 0 Å². The van der Waals surface area contributed by atoms with E-state index >= 15 is 0 Å². The highest BCUT2D eigenvalue weighted by molar-refractivity contribution is 7.89. The predicted octanol–water partition coefficient (Wildman–Crippen LogP) is 1.42. The SMILES string of the molecule is CN=C(NCc1ccc(S(=O)(=O)N(C)C(C)C)cc1)NC(C)COC. The fourth-order valence-corrected chi connectivity index (χ4v) is 3.50. The Bertz CT molecular complexity index is 657. The molecule has 0 radical (unpaired) electrons. The van der Waals surface area contributed by atoms with Crippen molar-refractivity contribution in [1.82, 2.24) is 14.9 Å². The van der Waals surface area contributed by atoms with Crippen molar-refractivity contribution in [3.05, 3.63) is 29.8 Å². The first-order valence-electron chi connectivity index (χ1n) is 8.25. The van der Waals surface area contributed by atoms with Crippen LogP contribution in [-0.4, -0.2) is 58.6 Å². The Morgan fingerprint density at radius 1 is 1.24 bits per heavy atom. The molecule has 7 nitrogen and oxygen atoms in total. The molecule has 2 N–H and O–H groups in total. The first kappa shape index (κ1) is 21.4. The highest BCUT2D eigenvalue weighted by atomic mass is 32.2. The minimum atomic E-state index is -3.45. The average Bonchev–Trinajstić information content (AvgIpc) is 2.58. The number of aliphatic imine (C=N–C) groups is 1. The quantitative estimate of drug-likeness (QED) is 0.534. The second-order valence-corrected chi connectivity index (χ2v) is 8.18. The summed E-state index contributed by atoms with van der Waals surface area (Å²) in [6, 6.07) is 6.93. The summed E-state index contributed by atoms with van der Waals surface area (Å²) >= 11 is 0. The lowest BCUT2D eigenvalue weighted by Crippen LogP contribution is -2.43. The van der Waals surface area contributed by atoms with Crippen LogP contribution in [0.5, 0.6) is 0 Å². The van der Waals surface area contributed by atoms with Crippen molar-refractivity contribution in [2.24, 2.45) is 4.99 Å². The lowest BCUT2D eigenvalue weighted by Gasteiger charge is -2.21. The van der Waals surface area contributed by atoms with Crippen molar-refractivity contribution >= 4 is 16.0 Å². The number of ether oxygens (including phenoxy) is 1. The summed E-state index contributed by atoms with van der Waals surface area (Å²) in [5.74, 6) is 0.667. The van der Waals surface area contributed by atoms with Gasteiger partial charge in [0.2, 0.25) is 10.0 Å². The molecular formula is C17H30N4O3S. The maximum atomic E-state index is 12.4. The second kappa shape index (κ2) is 9.74. The second-order valence-electron chi connectivity index (χ2n) is 6.19. The molecule has 0 aromatic heterocycles. The van der Waals surface area contributed by atoms with E-state index in [-0.39, 0.29) is 12.1 Å². The maximum Gasteiger partial charge on any atom is 0.243 e. The van der Waals surface area contributed by atoms with Crippen LogP contribution in [0.4, 0.5) is 0 Å². The highest BCUT2D eigenvalue weighted by Crippen LogP contribution is 2.17. The van der Waals surface area contributed by atoms with Gasteiger partial charge >= 0.3 is 0 Å². The van der Waals surface area contributed by atoms with Crippen LogP contribution in [0.2, 0.25) is 0 Å². The van der Waals surface area contributed by atoms with E-state index in [9.17, 15) is 8.42 Å². The monoisotopic (exact) mass is 370 g/mol. The molecule has 8 heteroatoms. The van der Waals surface area contributed by atoms with Crippen LogP contribution in [0.15, 0.2) is 34.2 Å². The van der Waals surface area contributed by atoms with E-state index in [0.29, 0.717) is 24.0 Å². The van der Waals surface area contributed by atoms with Crippen LogP contribution < -0.4 is 10.6 Å². The third-order valence-electron chi connectivity index (χ3n) is 3.81. The van der Waals surface area contributed by atoms with Gasteiger partial charge in [-0.25, -0.2) is 8.42 Å². The number of nitrogens with zero attached hydrogens (tertiary/aromatic N) is 2. The third-order valence-corrected chi connectivity index (χ3v) is 5.86. The van der Waals surface area contributed by atoms with E-state index in [1.165, 1.54) is 4.31 Å². The predicted molar refractivity (Wildman–Crippen MR) is 101 cm³/mol. The molecule has 1 unspecified atom stereocenters. The van der Waals surface area contributed by atoms with Gasteiger partial charge in [0.05, 0.1) is 11.5 Å². The number of benzene rings is 1. The number of rotatable bonds is 8. The van der Waals surface area contributed by atoms with E-state index in [1.807, 2.05) is 20.8 Å².